The Kier molecular flexibility index (Phi) is 6.79. The zero-order chi connectivity index (χ0) is 18.4. The molecular formula is C19H22ClN3OS. The van der Waals surface area contributed by atoms with E-state index >= 15 is 0 Å². The zero-order valence-electron chi connectivity index (χ0n) is 14.6. The number of anilines is 2. The average Bonchev–Trinajstić information content (AvgIpc) is 2.59. The number of thiocarbonyl (C=S) groups is 1. The number of carbonyl (C=O) groups is 1. The summed E-state index contributed by atoms with van der Waals surface area (Å²) in [5, 5.41) is 6.48. The standard InChI is InChI=1S/C19H22ClN3OS/c1-4-23(5-2)16-10-8-15(9-11-16)21-19(25)22-18(24)14-7-6-13(3)17(20)12-14/h6-12H,4-5H2,1-3H3,(H2,21,22,24,25). The van der Waals surface area contributed by atoms with Crippen molar-refractivity contribution in [2.75, 3.05) is 23.3 Å². The molecule has 2 aromatic rings. The molecular weight excluding hydrogens is 354 g/mol. The first-order valence-corrected chi connectivity index (χ1v) is 8.96. The maximum Gasteiger partial charge on any atom is 0.257 e. The first-order valence-electron chi connectivity index (χ1n) is 8.18. The minimum absolute atomic E-state index is 0.247. The average molecular weight is 376 g/mol. The van der Waals surface area contributed by atoms with E-state index in [-0.39, 0.29) is 11.0 Å². The molecule has 0 radical (unpaired) electrons. The molecule has 132 valence electrons. The molecule has 0 heterocycles. The van der Waals surface area contributed by atoms with Gasteiger partial charge in [-0.2, -0.15) is 0 Å². The Morgan fingerprint density at radius 2 is 1.76 bits per heavy atom. The summed E-state index contributed by atoms with van der Waals surface area (Å²) in [7, 11) is 0. The molecule has 0 spiro atoms. The van der Waals surface area contributed by atoms with Gasteiger partial charge in [-0.1, -0.05) is 17.7 Å². The predicted molar refractivity (Wildman–Crippen MR) is 110 cm³/mol. The lowest BCUT2D eigenvalue weighted by Crippen LogP contribution is -2.34. The van der Waals surface area contributed by atoms with Crippen molar-refractivity contribution in [3.05, 3.63) is 58.6 Å². The molecule has 1 amide bonds. The third kappa shape index (κ3) is 5.18. The summed E-state index contributed by atoms with van der Waals surface area (Å²) in [6.07, 6.45) is 0. The first-order chi connectivity index (χ1) is 11.9. The van der Waals surface area contributed by atoms with Crippen LogP contribution in [0.1, 0.15) is 29.8 Å². The van der Waals surface area contributed by atoms with Gasteiger partial charge in [-0.3, -0.25) is 10.1 Å². The predicted octanol–water partition coefficient (Wildman–Crippen LogP) is 4.62. The third-order valence-corrected chi connectivity index (χ3v) is 4.53. The molecule has 6 heteroatoms. The van der Waals surface area contributed by atoms with Crippen LogP contribution in [0.5, 0.6) is 0 Å². The molecule has 0 saturated heterocycles. The lowest BCUT2D eigenvalue weighted by Gasteiger charge is -2.21. The van der Waals surface area contributed by atoms with E-state index in [9.17, 15) is 4.79 Å². The summed E-state index contributed by atoms with van der Waals surface area (Å²) in [6, 6.07) is 13.1. The molecule has 2 N–H and O–H groups in total. The van der Waals surface area contributed by atoms with Crippen LogP contribution in [0.3, 0.4) is 0 Å². The van der Waals surface area contributed by atoms with Gasteiger partial charge < -0.3 is 10.2 Å². The molecule has 25 heavy (non-hydrogen) atoms. The minimum atomic E-state index is -0.292. The smallest absolute Gasteiger partial charge is 0.257 e. The van der Waals surface area contributed by atoms with Gasteiger partial charge in [-0.05, 0) is 75.0 Å². The number of amides is 1. The summed E-state index contributed by atoms with van der Waals surface area (Å²) in [5.41, 5.74) is 3.37. The van der Waals surface area contributed by atoms with Crippen molar-refractivity contribution < 1.29 is 4.79 Å². The van der Waals surface area contributed by atoms with Gasteiger partial charge in [0.25, 0.3) is 5.91 Å². The van der Waals surface area contributed by atoms with Crippen LogP contribution in [-0.2, 0) is 0 Å². The number of benzene rings is 2. The Hall–Kier alpha value is -2.11. The van der Waals surface area contributed by atoms with Gasteiger partial charge >= 0.3 is 0 Å². The van der Waals surface area contributed by atoms with Crippen LogP contribution in [0.4, 0.5) is 11.4 Å². The van der Waals surface area contributed by atoms with E-state index < -0.39 is 0 Å². The first kappa shape index (κ1) is 19.2. The van der Waals surface area contributed by atoms with Crippen LogP contribution >= 0.6 is 23.8 Å². The van der Waals surface area contributed by atoms with Crippen molar-refractivity contribution in [3.8, 4) is 0 Å². The van der Waals surface area contributed by atoms with E-state index in [2.05, 4.69) is 29.4 Å². The van der Waals surface area contributed by atoms with Crippen LogP contribution in [0, 0.1) is 6.92 Å². The molecule has 2 aromatic carbocycles. The van der Waals surface area contributed by atoms with Crippen molar-refractivity contribution in [2.45, 2.75) is 20.8 Å². The maximum atomic E-state index is 12.2. The molecule has 4 nitrogen and oxygen atoms in total. The fourth-order valence-corrected chi connectivity index (χ4v) is 2.81. The van der Waals surface area contributed by atoms with Gasteiger partial charge in [0.1, 0.15) is 0 Å². The lowest BCUT2D eigenvalue weighted by molar-refractivity contribution is 0.0977. The molecule has 0 saturated carbocycles. The van der Waals surface area contributed by atoms with E-state index in [4.69, 9.17) is 23.8 Å². The normalized spacial score (nSPS) is 10.2. The largest absolute Gasteiger partial charge is 0.372 e. The molecule has 0 aliphatic carbocycles. The van der Waals surface area contributed by atoms with Crippen LogP contribution in [0.15, 0.2) is 42.5 Å². The summed E-state index contributed by atoms with van der Waals surface area (Å²) >= 11 is 11.3. The van der Waals surface area contributed by atoms with Gasteiger partial charge in [0.2, 0.25) is 0 Å². The van der Waals surface area contributed by atoms with Crippen molar-refractivity contribution in [1.82, 2.24) is 5.32 Å². The summed E-state index contributed by atoms with van der Waals surface area (Å²) in [6.45, 7) is 8.04. The Morgan fingerprint density at radius 3 is 2.32 bits per heavy atom. The van der Waals surface area contributed by atoms with E-state index in [1.165, 1.54) is 0 Å². The number of aryl methyl sites for hydroxylation is 1. The Bertz CT molecular complexity index is 758. The maximum absolute atomic E-state index is 12.2. The number of rotatable bonds is 5. The Balaban J connectivity index is 1.97. The SMILES string of the molecule is CCN(CC)c1ccc(NC(=S)NC(=O)c2ccc(C)c(Cl)c2)cc1. The van der Waals surface area contributed by atoms with Gasteiger partial charge in [-0.15, -0.1) is 0 Å². The molecule has 0 fully saturated rings. The Morgan fingerprint density at radius 1 is 1.12 bits per heavy atom. The van der Waals surface area contributed by atoms with Crippen molar-refractivity contribution in [3.63, 3.8) is 0 Å². The topological polar surface area (TPSA) is 44.4 Å². The monoisotopic (exact) mass is 375 g/mol. The van der Waals surface area contributed by atoms with Crippen molar-refractivity contribution in [1.29, 1.82) is 0 Å². The van der Waals surface area contributed by atoms with E-state index in [0.717, 1.165) is 30.0 Å². The van der Waals surface area contributed by atoms with Crippen LogP contribution in [0.25, 0.3) is 0 Å². The van der Waals surface area contributed by atoms with Crippen molar-refractivity contribution >= 4 is 46.2 Å². The van der Waals surface area contributed by atoms with E-state index in [1.54, 1.807) is 18.2 Å². The number of hydrogen-bond acceptors (Lipinski definition) is 3. The second kappa shape index (κ2) is 8.83. The van der Waals surface area contributed by atoms with Crippen molar-refractivity contribution in [2.24, 2.45) is 0 Å². The van der Waals surface area contributed by atoms with Gasteiger partial charge in [-0.25, -0.2) is 0 Å². The van der Waals surface area contributed by atoms with Crippen LogP contribution in [0.2, 0.25) is 5.02 Å². The van der Waals surface area contributed by atoms with E-state index in [1.807, 2.05) is 31.2 Å². The number of hydrogen-bond donors (Lipinski definition) is 2. The fraction of sp³-hybridized carbons (Fsp3) is 0.263. The molecule has 0 bridgehead atoms. The second-order valence-corrected chi connectivity index (χ2v) is 6.41. The quantitative estimate of drug-likeness (QED) is 0.748. The van der Waals surface area contributed by atoms with Crippen LogP contribution in [-0.4, -0.2) is 24.1 Å². The van der Waals surface area contributed by atoms with E-state index in [0.29, 0.717) is 10.6 Å². The molecule has 0 aliphatic rings. The fourth-order valence-electron chi connectivity index (χ4n) is 2.42. The Labute approximate surface area is 159 Å². The lowest BCUT2D eigenvalue weighted by atomic mass is 10.1. The van der Waals surface area contributed by atoms with Crippen LogP contribution < -0.4 is 15.5 Å². The summed E-state index contributed by atoms with van der Waals surface area (Å²) < 4.78 is 0. The van der Waals surface area contributed by atoms with Gasteiger partial charge in [0.05, 0.1) is 0 Å². The summed E-state index contributed by atoms with van der Waals surface area (Å²) in [4.78, 5) is 14.5. The number of carbonyl (C=O) groups excluding carboxylic acids is 1. The molecule has 0 aliphatic heterocycles. The molecule has 0 aromatic heterocycles. The highest BCUT2D eigenvalue weighted by Gasteiger charge is 2.10. The van der Waals surface area contributed by atoms with Gasteiger partial charge in [0.15, 0.2) is 5.11 Å². The highest BCUT2D eigenvalue weighted by Crippen LogP contribution is 2.18. The van der Waals surface area contributed by atoms with Gasteiger partial charge in [0, 0.05) is 35.1 Å². The summed E-state index contributed by atoms with van der Waals surface area (Å²) in [5.74, 6) is -0.292. The number of halogens is 1. The second-order valence-electron chi connectivity index (χ2n) is 5.59. The molecule has 0 atom stereocenters. The highest BCUT2D eigenvalue weighted by molar-refractivity contribution is 7.80. The third-order valence-electron chi connectivity index (χ3n) is 3.91. The zero-order valence-corrected chi connectivity index (χ0v) is 16.2. The minimum Gasteiger partial charge on any atom is -0.372 e. The highest BCUT2D eigenvalue weighted by atomic mass is 35.5. The number of nitrogens with zero attached hydrogens (tertiary/aromatic N) is 1. The molecule has 2 rings (SSSR count). The number of nitrogens with one attached hydrogen (secondary N) is 2. The molecule has 0 unspecified atom stereocenters.